The number of aromatic nitrogens is 4. The third kappa shape index (κ3) is 4.75. The SMILES string of the molecule is Cc1cc(Cl)ccc1OCc1nnc(SCC(=O)Nc2nc3ccccc3s2)n1C. The molecule has 0 saturated carbocycles. The second-order valence-electron chi connectivity index (χ2n) is 6.48. The fourth-order valence-electron chi connectivity index (χ4n) is 2.72. The highest BCUT2D eigenvalue weighted by atomic mass is 35.5. The van der Waals surface area contributed by atoms with Gasteiger partial charge in [-0.1, -0.05) is 46.8 Å². The van der Waals surface area contributed by atoms with Gasteiger partial charge in [0, 0.05) is 12.1 Å². The number of hydrogen-bond acceptors (Lipinski definition) is 7. The molecule has 0 aliphatic heterocycles. The summed E-state index contributed by atoms with van der Waals surface area (Å²) in [5, 5.41) is 13.1. The summed E-state index contributed by atoms with van der Waals surface area (Å²) >= 11 is 8.73. The first-order valence-electron chi connectivity index (χ1n) is 9.05. The minimum Gasteiger partial charge on any atom is -0.485 e. The number of carbonyl (C=O) groups excluding carboxylic acids is 1. The molecule has 0 fully saturated rings. The lowest BCUT2D eigenvalue weighted by Crippen LogP contribution is -2.14. The van der Waals surface area contributed by atoms with E-state index in [0.29, 0.717) is 21.1 Å². The number of aryl methyl sites for hydroxylation is 1. The molecule has 0 atom stereocenters. The quantitative estimate of drug-likeness (QED) is 0.403. The molecule has 1 amide bonds. The highest BCUT2D eigenvalue weighted by Gasteiger charge is 2.14. The number of benzene rings is 2. The average molecular weight is 460 g/mol. The van der Waals surface area contributed by atoms with Crippen LogP contribution in [0, 0.1) is 6.92 Å². The number of hydrogen-bond donors (Lipinski definition) is 1. The van der Waals surface area contributed by atoms with E-state index >= 15 is 0 Å². The van der Waals surface area contributed by atoms with Crippen LogP contribution >= 0.6 is 34.7 Å². The number of amides is 1. The number of halogens is 1. The Morgan fingerprint density at radius 1 is 1.27 bits per heavy atom. The van der Waals surface area contributed by atoms with Crippen molar-refractivity contribution in [2.24, 2.45) is 7.05 Å². The molecule has 2 aromatic carbocycles. The van der Waals surface area contributed by atoms with Crippen LogP contribution in [0.3, 0.4) is 0 Å². The van der Waals surface area contributed by atoms with E-state index in [1.165, 1.54) is 23.1 Å². The van der Waals surface area contributed by atoms with Gasteiger partial charge < -0.3 is 14.6 Å². The second kappa shape index (κ2) is 9.03. The van der Waals surface area contributed by atoms with Gasteiger partial charge in [0.2, 0.25) is 5.91 Å². The molecular weight excluding hydrogens is 442 g/mol. The molecule has 4 aromatic rings. The number of nitrogens with one attached hydrogen (secondary N) is 1. The number of para-hydroxylation sites is 1. The van der Waals surface area contributed by atoms with Crippen molar-refractivity contribution in [1.82, 2.24) is 19.7 Å². The maximum Gasteiger partial charge on any atom is 0.236 e. The minimum absolute atomic E-state index is 0.142. The van der Waals surface area contributed by atoms with E-state index in [9.17, 15) is 4.79 Å². The molecule has 0 aliphatic rings. The summed E-state index contributed by atoms with van der Waals surface area (Å²) in [4.78, 5) is 16.7. The van der Waals surface area contributed by atoms with Gasteiger partial charge in [0.05, 0.1) is 16.0 Å². The molecule has 154 valence electrons. The molecule has 10 heteroatoms. The molecule has 0 bridgehead atoms. The minimum atomic E-state index is -0.142. The van der Waals surface area contributed by atoms with Crippen LogP contribution in [-0.2, 0) is 18.4 Å². The number of thiazole rings is 1. The number of anilines is 1. The van der Waals surface area contributed by atoms with Crippen molar-refractivity contribution >= 4 is 56.0 Å². The zero-order valence-electron chi connectivity index (χ0n) is 16.3. The van der Waals surface area contributed by atoms with Crippen molar-refractivity contribution in [1.29, 1.82) is 0 Å². The van der Waals surface area contributed by atoms with E-state index in [4.69, 9.17) is 16.3 Å². The van der Waals surface area contributed by atoms with Gasteiger partial charge in [0.1, 0.15) is 12.4 Å². The maximum atomic E-state index is 12.3. The Balaban J connectivity index is 1.32. The molecule has 0 unspecified atom stereocenters. The highest BCUT2D eigenvalue weighted by Crippen LogP contribution is 2.26. The van der Waals surface area contributed by atoms with Crippen LogP contribution in [0.15, 0.2) is 47.6 Å². The van der Waals surface area contributed by atoms with E-state index in [1.54, 1.807) is 6.07 Å². The Morgan fingerprint density at radius 2 is 2.10 bits per heavy atom. The van der Waals surface area contributed by atoms with Crippen molar-refractivity contribution in [3.05, 3.63) is 58.9 Å². The number of carbonyl (C=O) groups is 1. The van der Waals surface area contributed by atoms with Gasteiger partial charge in [-0.3, -0.25) is 4.79 Å². The summed E-state index contributed by atoms with van der Waals surface area (Å²) in [6, 6.07) is 13.2. The smallest absolute Gasteiger partial charge is 0.236 e. The topological polar surface area (TPSA) is 81.9 Å². The summed E-state index contributed by atoms with van der Waals surface area (Å²) in [6.45, 7) is 2.20. The monoisotopic (exact) mass is 459 g/mol. The first kappa shape index (κ1) is 20.6. The Hall–Kier alpha value is -2.62. The van der Waals surface area contributed by atoms with Gasteiger partial charge in [0.25, 0.3) is 0 Å². The van der Waals surface area contributed by atoms with E-state index in [-0.39, 0.29) is 18.3 Å². The lowest BCUT2D eigenvalue weighted by Gasteiger charge is -2.09. The predicted octanol–water partition coefficient (Wildman–Crippen LogP) is 4.70. The Bertz CT molecular complexity index is 1170. The number of nitrogens with zero attached hydrogens (tertiary/aromatic N) is 4. The van der Waals surface area contributed by atoms with Crippen LogP contribution in [0.5, 0.6) is 5.75 Å². The van der Waals surface area contributed by atoms with Gasteiger partial charge in [-0.2, -0.15) is 0 Å². The molecule has 0 aliphatic carbocycles. The van der Waals surface area contributed by atoms with Crippen LogP contribution in [-0.4, -0.2) is 31.4 Å². The van der Waals surface area contributed by atoms with E-state index < -0.39 is 0 Å². The summed E-state index contributed by atoms with van der Waals surface area (Å²) in [6.07, 6.45) is 0. The van der Waals surface area contributed by atoms with Crippen LogP contribution in [0.2, 0.25) is 5.02 Å². The van der Waals surface area contributed by atoms with Crippen molar-refractivity contribution in [3.8, 4) is 5.75 Å². The average Bonchev–Trinajstić information content (AvgIpc) is 3.28. The fourth-order valence-corrected chi connectivity index (χ4v) is 4.56. The first-order chi connectivity index (χ1) is 14.5. The van der Waals surface area contributed by atoms with Gasteiger partial charge in [0.15, 0.2) is 16.1 Å². The van der Waals surface area contributed by atoms with Crippen molar-refractivity contribution in [3.63, 3.8) is 0 Å². The predicted molar refractivity (Wildman–Crippen MR) is 120 cm³/mol. The number of thioether (sulfide) groups is 1. The standard InChI is InChI=1S/C20H18ClN5O2S2/c1-12-9-13(21)7-8-15(12)28-10-17-24-25-20(26(17)2)29-11-18(27)23-19-22-14-5-3-4-6-16(14)30-19/h3-9H,10-11H2,1-2H3,(H,22,23,27). The molecule has 2 aromatic heterocycles. The van der Waals surface area contributed by atoms with E-state index in [0.717, 1.165) is 21.5 Å². The summed E-state index contributed by atoms with van der Waals surface area (Å²) in [5.74, 6) is 1.47. The number of fused-ring (bicyclic) bond motifs is 1. The first-order valence-corrected chi connectivity index (χ1v) is 11.2. The molecule has 7 nitrogen and oxygen atoms in total. The molecule has 30 heavy (non-hydrogen) atoms. The summed E-state index contributed by atoms with van der Waals surface area (Å²) in [5.41, 5.74) is 1.82. The number of ether oxygens (including phenoxy) is 1. The summed E-state index contributed by atoms with van der Waals surface area (Å²) < 4.78 is 8.68. The van der Waals surface area contributed by atoms with Gasteiger partial charge in [-0.25, -0.2) is 4.98 Å². The Morgan fingerprint density at radius 3 is 2.90 bits per heavy atom. The van der Waals surface area contributed by atoms with Crippen LogP contribution in [0.25, 0.3) is 10.2 Å². The summed E-state index contributed by atoms with van der Waals surface area (Å²) in [7, 11) is 1.85. The Labute approximate surface area is 186 Å². The molecule has 0 spiro atoms. The van der Waals surface area contributed by atoms with E-state index in [2.05, 4.69) is 20.5 Å². The van der Waals surface area contributed by atoms with Crippen LogP contribution < -0.4 is 10.1 Å². The Kier molecular flexibility index (Phi) is 6.21. The van der Waals surface area contributed by atoms with Crippen LogP contribution in [0.1, 0.15) is 11.4 Å². The zero-order valence-corrected chi connectivity index (χ0v) is 18.6. The fraction of sp³-hybridized carbons (Fsp3) is 0.200. The van der Waals surface area contributed by atoms with Crippen molar-refractivity contribution < 1.29 is 9.53 Å². The van der Waals surface area contributed by atoms with Crippen molar-refractivity contribution in [2.75, 3.05) is 11.1 Å². The van der Waals surface area contributed by atoms with E-state index in [1.807, 2.05) is 54.9 Å². The third-order valence-corrected chi connectivity index (χ3v) is 6.50. The van der Waals surface area contributed by atoms with Gasteiger partial charge >= 0.3 is 0 Å². The molecule has 0 radical (unpaired) electrons. The lowest BCUT2D eigenvalue weighted by atomic mass is 10.2. The molecule has 1 N–H and O–H groups in total. The molecule has 4 rings (SSSR count). The van der Waals surface area contributed by atoms with Crippen molar-refractivity contribution in [2.45, 2.75) is 18.7 Å². The largest absolute Gasteiger partial charge is 0.485 e. The molecular formula is C20H18ClN5O2S2. The molecule has 2 heterocycles. The second-order valence-corrected chi connectivity index (χ2v) is 8.89. The highest BCUT2D eigenvalue weighted by molar-refractivity contribution is 7.99. The zero-order chi connectivity index (χ0) is 21.1. The van der Waals surface area contributed by atoms with Crippen LogP contribution in [0.4, 0.5) is 5.13 Å². The number of rotatable bonds is 7. The van der Waals surface area contributed by atoms with Gasteiger partial charge in [-0.05, 0) is 42.8 Å². The molecule has 0 saturated heterocycles. The lowest BCUT2D eigenvalue weighted by molar-refractivity contribution is -0.113. The maximum absolute atomic E-state index is 12.3. The van der Waals surface area contributed by atoms with Gasteiger partial charge in [-0.15, -0.1) is 10.2 Å². The third-order valence-electron chi connectivity index (χ3n) is 4.29. The normalized spacial score (nSPS) is 11.0.